The number of hydrogen-bond donors (Lipinski definition) is 0. The Morgan fingerprint density at radius 3 is 2.52 bits per heavy atom. The molecule has 2 fully saturated rings. The van der Waals surface area contributed by atoms with E-state index in [-0.39, 0.29) is 17.2 Å². The van der Waals surface area contributed by atoms with Gasteiger partial charge >= 0.3 is 6.09 Å². The summed E-state index contributed by atoms with van der Waals surface area (Å²) in [5, 5.41) is 0.161. The van der Waals surface area contributed by atoms with Crippen LogP contribution in [-0.2, 0) is 4.74 Å². The maximum Gasteiger partial charge on any atom is 0.410 e. The van der Waals surface area contributed by atoms with Gasteiger partial charge in [0.25, 0.3) is 5.91 Å². The second kappa shape index (κ2) is 9.23. The molecule has 1 aliphatic heterocycles. The van der Waals surface area contributed by atoms with Crippen LogP contribution in [0, 0.1) is 11.3 Å². The second-order valence-electron chi connectivity index (χ2n) is 9.91. The van der Waals surface area contributed by atoms with Gasteiger partial charge in [-0.3, -0.25) is 4.79 Å². The fraction of sp³-hybridized carbons (Fsp3) is 0.696. The summed E-state index contributed by atoms with van der Waals surface area (Å²) in [7, 11) is 3.35. The smallest absolute Gasteiger partial charge is 0.410 e. The summed E-state index contributed by atoms with van der Waals surface area (Å²) in [6.45, 7) is 7.83. The summed E-state index contributed by atoms with van der Waals surface area (Å²) in [4.78, 5) is 31.8. The molecule has 1 spiro atoms. The highest BCUT2D eigenvalue weighted by Gasteiger charge is 2.54. The van der Waals surface area contributed by atoms with Crippen molar-refractivity contribution >= 4 is 23.6 Å². The predicted octanol–water partition coefficient (Wildman–Crippen LogP) is 4.63. The highest BCUT2D eigenvalue weighted by Crippen LogP contribution is 2.61. The molecule has 1 saturated carbocycles. The molecule has 0 aromatic carbocycles. The van der Waals surface area contributed by atoms with E-state index in [1.807, 2.05) is 25.7 Å². The number of piperidine rings is 1. The van der Waals surface area contributed by atoms with E-state index in [9.17, 15) is 9.59 Å². The van der Waals surface area contributed by atoms with Crippen LogP contribution >= 0.6 is 11.6 Å². The maximum atomic E-state index is 12.2. The van der Waals surface area contributed by atoms with Crippen LogP contribution in [0.5, 0.6) is 5.88 Å². The number of likely N-dealkylation sites (tertiary alicyclic amines) is 1. The average Bonchev–Trinajstić information content (AvgIpc) is 3.35. The van der Waals surface area contributed by atoms with Gasteiger partial charge in [-0.25, -0.2) is 9.78 Å². The first-order valence-corrected chi connectivity index (χ1v) is 11.4. The topological polar surface area (TPSA) is 72.0 Å². The van der Waals surface area contributed by atoms with E-state index in [1.165, 1.54) is 11.3 Å². The molecule has 0 N–H and O–H groups in total. The summed E-state index contributed by atoms with van der Waals surface area (Å²) < 4.78 is 11.2. The predicted molar refractivity (Wildman–Crippen MR) is 120 cm³/mol. The Hall–Kier alpha value is -2.02. The van der Waals surface area contributed by atoms with Crippen LogP contribution < -0.4 is 4.74 Å². The molecule has 172 valence electrons. The molecule has 1 unspecified atom stereocenters. The van der Waals surface area contributed by atoms with Crippen LogP contribution in [0.2, 0.25) is 5.15 Å². The maximum absolute atomic E-state index is 12.2. The number of amides is 2. The Morgan fingerprint density at radius 1 is 1.26 bits per heavy atom. The monoisotopic (exact) mass is 451 g/mol. The summed E-state index contributed by atoms with van der Waals surface area (Å²) in [6.07, 6.45) is 5.20. The fourth-order valence-electron chi connectivity index (χ4n) is 4.32. The van der Waals surface area contributed by atoms with E-state index in [1.54, 1.807) is 26.2 Å². The molecule has 2 heterocycles. The van der Waals surface area contributed by atoms with Gasteiger partial charge in [-0.1, -0.05) is 11.6 Å². The van der Waals surface area contributed by atoms with Crippen LogP contribution in [0.15, 0.2) is 12.1 Å². The van der Waals surface area contributed by atoms with Crippen molar-refractivity contribution in [2.45, 2.75) is 58.5 Å². The lowest BCUT2D eigenvalue weighted by molar-refractivity contribution is 0.0164. The third-order valence-electron chi connectivity index (χ3n) is 6.18. The number of nitrogens with zero attached hydrogens (tertiary/aromatic N) is 3. The lowest BCUT2D eigenvalue weighted by Crippen LogP contribution is -2.42. The van der Waals surface area contributed by atoms with Gasteiger partial charge in [0, 0.05) is 33.3 Å². The van der Waals surface area contributed by atoms with Crippen LogP contribution in [-0.4, -0.2) is 66.2 Å². The van der Waals surface area contributed by atoms with Gasteiger partial charge < -0.3 is 19.3 Å². The van der Waals surface area contributed by atoms with Crippen LogP contribution in [0.4, 0.5) is 4.79 Å². The van der Waals surface area contributed by atoms with Crippen molar-refractivity contribution in [2.75, 3.05) is 33.8 Å². The number of carbonyl (C=O) groups is 2. The number of aromatic nitrogens is 1. The molecule has 0 bridgehead atoms. The zero-order chi connectivity index (χ0) is 22.8. The number of halogens is 1. The average molecular weight is 452 g/mol. The molecule has 1 aromatic rings. The van der Waals surface area contributed by atoms with Gasteiger partial charge in [0.1, 0.15) is 10.8 Å². The molecule has 7 nitrogen and oxygen atoms in total. The number of pyridine rings is 1. The Bertz CT molecular complexity index is 814. The van der Waals surface area contributed by atoms with Gasteiger partial charge in [-0.15, -0.1) is 0 Å². The first-order valence-electron chi connectivity index (χ1n) is 11.0. The normalized spacial score (nSPS) is 19.8. The minimum atomic E-state index is -0.449. The number of ether oxygens (including phenoxy) is 2. The number of rotatable bonds is 6. The molecule has 1 aliphatic carbocycles. The van der Waals surface area contributed by atoms with Crippen molar-refractivity contribution in [3.63, 3.8) is 0 Å². The number of hydrogen-bond acceptors (Lipinski definition) is 5. The Morgan fingerprint density at radius 2 is 1.94 bits per heavy atom. The minimum absolute atomic E-state index is 0.161. The second-order valence-corrected chi connectivity index (χ2v) is 10.3. The SMILES string of the molecule is CN(C)C(=O)c1ccc(OCCCC2CC23CCN(C(=O)OC(C)(C)C)CC3)nc1Cl. The van der Waals surface area contributed by atoms with E-state index in [2.05, 4.69) is 4.98 Å². The molecule has 1 aromatic heterocycles. The summed E-state index contributed by atoms with van der Waals surface area (Å²) >= 11 is 6.13. The molecule has 1 atom stereocenters. The molecule has 1 saturated heterocycles. The third kappa shape index (κ3) is 6.03. The highest BCUT2D eigenvalue weighted by atomic mass is 35.5. The first-order chi connectivity index (χ1) is 14.5. The van der Waals surface area contributed by atoms with Crippen LogP contribution in [0.1, 0.15) is 63.2 Å². The van der Waals surface area contributed by atoms with Crippen molar-refractivity contribution in [2.24, 2.45) is 11.3 Å². The molecule has 2 amide bonds. The third-order valence-corrected chi connectivity index (χ3v) is 6.46. The molecule has 31 heavy (non-hydrogen) atoms. The summed E-state index contributed by atoms with van der Waals surface area (Å²) in [5.41, 5.74) is 0.320. The lowest BCUT2D eigenvalue weighted by Gasteiger charge is -2.34. The highest BCUT2D eigenvalue weighted by molar-refractivity contribution is 6.32. The standard InChI is InChI=1S/C23H34ClN3O4/c1-22(2,3)31-21(29)27-12-10-23(11-13-27)15-16(23)7-6-14-30-18-9-8-17(19(24)25-18)20(28)26(4)5/h8-9,16H,6-7,10-15H2,1-5H3. The molecular weight excluding hydrogens is 418 g/mol. The largest absolute Gasteiger partial charge is 0.478 e. The van der Waals surface area contributed by atoms with E-state index in [0.717, 1.165) is 38.8 Å². The van der Waals surface area contributed by atoms with E-state index in [4.69, 9.17) is 21.1 Å². The molecule has 0 radical (unpaired) electrons. The van der Waals surface area contributed by atoms with E-state index < -0.39 is 5.60 Å². The van der Waals surface area contributed by atoms with Gasteiger partial charge in [-0.2, -0.15) is 0 Å². The van der Waals surface area contributed by atoms with E-state index >= 15 is 0 Å². The summed E-state index contributed by atoms with van der Waals surface area (Å²) in [5.74, 6) is 0.964. The van der Waals surface area contributed by atoms with E-state index in [0.29, 0.717) is 29.4 Å². The van der Waals surface area contributed by atoms with Crippen molar-refractivity contribution in [1.82, 2.24) is 14.8 Å². The van der Waals surface area contributed by atoms with Crippen molar-refractivity contribution < 1.29 is 19.1 Å². The lowest BCUT2D eigenvalue weighted by atomic mass is 9.90. The fourth-order valence-corrected chi connectivity index (χ4v) is 4.55. The Labute approximate surface area is 190 Å². The van der Waals surface area contributed by atoms with Crippen LogP contribution in [0.25, 0.3) is 0 Å². The van der Waals surface area contributed by atoms with Crippen molar-refractivity contribution in [3.8, 4) is 5.88 Å². The van der Waals surface area contributed by atoms with Gasteiger partial charge in [0.2, 0.25) is 5.88 Å². The number of carbonyl (C=O) groups excluding carboxylic acids is 2. The molecular formula is C23H34ClN3O4. The minimum Gasteiger partial charge on any atom is -0.478 e. The zero-order valence-corrected chi connectivity index (χ0v) is 20.0. The molecule has 3 rings (SSSR count). The molecule has 8 heteroatoms. The molecule has 2 aliphatic rings. The van der Waals surface area contributed by atoms with Gasteiger partial charge in [0.05, 0.1) is 12.2 Å². The van der Waals surface area contributed by atoms with Crippen molar-refractivity contribution in [1.29, 1.82) is 0 Å². The van der Waals surface area contributed by atoms with Gasteiger partial charge in [0.15, 0.2) is 0 Å². The summed E-state index contributed by atoms with van der Waals surface area (Å²) in [6, 6.07) is 3.34. The Balaban J connectivity index is 1.37. The van der Waals surface area contributed by atoms with Gasteiger partial charge in [-0.05, 0) is 70.3 Å². The Kier molecular flexibility index (Phi) is 7.04. The van der Waals surface area contributed by atoms with Crippen molar-refractivity contribution in [3.05, 3.63) is 22.8 Å². The zero-order valence-electron chi connectivity index (χ0n) is 19.2. The van der Waals surface area contributed by atoms with Crippen LogP contribution in [0.3, 0.4) is 0 Å². The quantitative estimate of drug-likeness (QED) is 0.465. The first kappa shape index (κ1) is 23.6.